The number of benzene rings is 1. The highest BCUT2D eigenvalue weighted by Gasteiger charge is 2.32. The molecule has 1 fully saturated rings. The normalized spacial score (nSPS) is 21.5. The van der Waals surface area contributed by atoms with Crippen LogP contribution in [0.4, 0.5) is 5.69 Å². The SMILES string of the molecule is CCc1ccc(N)cc1S(=O)(=O)N1CCCCC1C. The van der Waals surface area contributed by atoms with E-state index in [0.717, 1.165) is 24.8 Å². The molecule has 1 aliphatic heterocycles. The molecule has 1 saturated heterocycles. The van der Waals surface area contributed by atoms with Gasteiger partial charge in [0.05, 0.1) is 4.90 Å². The molecule has 19 heavy (non-hydrogen) atoms. The topological polar surface area (TPSA) is 63.4 Å². The highest BCUT2D eigenvalue weighted by Crippen LogP contribution is 2.28. The summed E-state index contributed by atoms with van der Waals surface area (Å²) in [4.78, 5) is 0.378. The van der Waals surface area contributed by atoms with Gasteiger partial charge in [-0.1, -0.05) is 19.4 Å². The van der Waals surface area contributed by atoms with E-state index in [9.17, 15) is 8.42 Å². The minimum atomic E-state index is -3.42. The van der Waals surface area contributed by atoms with Crippen LogP contribution in [0.5, 0.6) is 0 Å². The third kappa shape index (κ3) is 2.77. The van der Waals surface area contributed by atoms with E-state index in [-0.39, 0.29) is 6.04 Å². The number of nitrogens with zero attached hydrogens (tertiary/aromatic N) is 1. The number of hydrogen-bond donors (Lipinski definition) is 1. The van der Waals surface area contributed by atoms with Crippen molar-refractivity contribution in [3.8, 4) is 0 Å². The zero-order valence-electron chi connectivity index (χ0n) is 11.6. The summed E-state index contributed by atoms with van der Waals surface area (Å²) in [5, 5.41) is 0. The molecule has 2 N–H and O–H groups in total. The Bertz CT molecular complexity index is 555. The number of nitrogens with two attached hydrogens (primary N) is 1. The number of piperidine rings is 1. The lowest BCUT2D eigenvalue weighted by Gasteiger charge is -2.32. The van der Waals surface area contributed by atoms with Crippen LogP contribution < -0.4 is 5.73 Å². The lowest BCUT2D eigenvalue weighted by Crippen LogP contribution is -2.42. The van der Waals surface area contributed by atoms with Gasteiger partial charge in [-0.25, -0.2) is 8.42 Å². The van der Waals surface area contributed by atoms with E-state index in [1.165, 1.54) is 0 Å². The van der Waals surface area contributed by atoms with Gasteiger partial charge in [0.2, 0.25) is 10.0 Å². The van der Waals surface area contributed by atoms with Crippen LogP contribution in [0.25, 0.3) is 0 Å². The summed E-state index contributed by atoms with van der Waals surface area (Å²) in [7, 11) is -3.42. The van der Waals surface area contributed by atoms with E-state index in [1.54, 1.807) is 16.4 Å². The second kappa shape index (κ2) is 5.51. The molecule has 1 aliphatic rings. The molecule has 1 unspecified atom stereocenters. The van der Waals surface area contributed by atoms with Crippen molar-refractivity contribution >= 4 is 15.7 Å². The standard InChI is InChI=1S/C14H22N2O2S/c1-3-12-7-8-13(15)10-14(12)19(17,18)16-9-5-4-6-11(16)2/h7-8,10-11H,3-6,9,15H2,1-2H3. The largest absolute Gasteiger partial charge is 0.399 e. The van der Waals surface area contributed by atoms with E-state index in [0.29, 0.717) is 23.5 Å². The minimum absolute atomic E-state index is 0.0740. The second-order valence-electron chi connectivity index (χ2n) is 5.18. The van der Waals surface area contributed by atoms with Crippen molar-refractivity contribution < 1.29 is 8.42 Å². The molecule has 0 aliphatic carbocycles. The van der Waals surface area contributed by atoms with Crippen molar-refractivity contribution in [1.29, 1.82) is 0 Å². The number of rotatable bonds is 3. The molecule has 106 valence electrons. The Balaban J connectivity index is 2.46. The molecule has 0 spiro atoms. The molecule has 1 aromatic rings. The fraction of sp³-hybridized carbons (Fsp3) is 0.571. The van der Waals surface area contributed by atoms with Gasteiger partial charge in [0, 0.05) is 18.3 Å². The molecule has 1 atom stereocenters. The van der Waals surface area contributed by atoms with Crippen molar-refractivity contribution in [2.45, 2.75) is 50.5 Å². The maximum Gasteiger partial charge on any atom is 0.243 e. The molecular weight excluding hydrogens is 260 g/mol. The molecule has 1 heterocycles. The van der Waals surface area contributed by atoms with Gasteiger partial charge in [-0.3, -0.25) is 0 Å². The van der Waals surface area contributed by atoms with Crippen LogP contribution in [0.1, 0.15) is 38.7 Å². The molecule has 0 aromatic heterocycles. The van der Waals surface area contributed by atoms with E-state index < -0.39 is 10.0 Å². The van der Waals surface area contributed by atoms with Gasteiger partial charge in [-0.15, -0.1) is 0 Å². The zero-order chi connectivity index (χ0) is 14.0. The van der Waals surface area contributed by atoms with Gasteiger partial charge < -0.3 is 5.73 Å². The van der Waals surface area contributed by atoms with Crippen LogP contribution in [0.3, 0.4) is 0 Å². The predicted octanol–water partition coefficient (Wildman–Crippen LogP) is 2.39. The van der Waals surface area contributed by atoms with Gasteiger partial charge in [0.25, 0.3) is 0 Å². The van der Waals surface area contributed by atoms with Crippen molar-refractivity contribution in [1.82, 2.24) is 4.31 Å². The Morgan fingerprint density at radius 2 is 2.11 bits per heavy atom. The molecule has 1 aromatic carbocycles. The summed E-state index contributed by atoms with van der Waals surface area (Å²) >= 11 is 0. The first-order valence-corrected chi connectivity index (χ1v) is 8.31. The van der Waals surface area contributed by atoms with E-state index >= 15 is 0 Å². The Morgan fingerprint density at radius 1 is 1.37 bits per heavy atom. The van der Waals surface area contributed by atoms with Crippen molar-refractivity contribution in [2.24, 2.45) is 0 Å². The van der Waals surface area contributed by atoms with Gasteiger partial charge in [0.1, 0.15) is 0 Å². The number of sulfonamides is 1. The summed E-state index contributed by atoms with van der Waals surface area (Å²) in [5.74, 6) is 0. The smallest absolute Gasteiger partial charge is 0.243 e. The van der Waals surface area contributed by atoms with Crippen LogP contribution in [0, 0.1) is 0 Å². The summed E-state index contributed by atoms with van der Waals surface area (Å²) in [6.07, 6.45) is 3.66. The molecule has 5 heteroatoms. The lowest BCUT2D eigenvalue weighted by atomic mass is 10.1. The lowest BCUT2D eigenvalue weighted by molar-refractivity contribution is 0.268. The zero-order valence-corrected chi connectivity index (χ0v) is 12.4. The molecule has 0 saturated carbocycles. The number of nitrogen functional groups attached to an aromatic ring is 1. The number of anilines is 1. The first-order chi connectivity index (χ1) is 8.96. The molecule has 0 amide bonds. The summed E-state index contributed by atoms with van der Waals surface area (Å²) < 4.78 is 27.2. The average molecular weight is 282 g/mol. The highest BCUT2D eigenvalue weighted by molar-refractivity contribution is 7.89. The van der Waals surface area contributed by atoms with Crippen LogP contribution >= 0.6 is 0 Å². The summed E-state index contributed by atoms with van der Waals surface area (Å²) in [5.41, 5.74) is 7.10. The molecule has 2 rings (SSSR count). The van der Waals surface area contributed by atoms with Crippen LogP contribution in [0.15, 0.2) is 23.1 Å². The maximum atomic E-state index is 12.8. The summed E-state index contributed by atoms with van der Waals surface area (Å²) in [6, 6.07) is 5.24. The van der Waals surface area contributed by atoms with Crippen LogP contribution in [-0.4, -0.2) is 25.3 Å². The number of hydrogen-bond acceptors (Lipinski definition) is 3. The molecule has 4 nitrogen and oxygen atoms in total. The van der Waals surface area contributed by atoms with Crippen LogP contribution in [0.2, 0.25) is 0 Å². The average Bonchev–Trinajstić information content (AvgIpc) is 2.39. The van der Waals surface area contributed by atoms with E-state index in [1.807, 2.05) is 19.9 Å². The molecular formula is C14H22N2O2S. The monoisotopic (exact) mass is 282 g/mol. The molecule has 0 bridgehead atoms. The Morgan fingerprint density at radius 3 is 2.74 bits per heavy atom. The Kier molecular flexibility index (Phi) is 4.16. The van der Waals surface area contributed by atoms with Crippen molar-refractivity contribution in [2.75, 3.05) is 12.3 Å². The van der Waals surface area contributed by atoms with Crippen LogP contribution in [-0.2, 0) is 16.4 Å². The van der Waals surface area contributed by atoms with E-state index in [2.05, 4.69) is 0 Å². The number of aryl methyl sites for hydroxylation is 1. The quantitative estimate of drug-likeness (QED) is 0.866. The first kappa shape index (κ1) is 14.3. The van der Waals surface area contributed by atoms with E-state index in [4.69, 9.17) is 5.73 Å². The fourth-order valence-electron chi connectivity index (χ4n) is 2.66. The minimum Gasteiger partial charge on any atom is -0.399 e. The van der Waals surface area contributed by atoms with Gasteiger partial charge >= 0.3 is 0 Å². The fourth-order valence-corrected chi connectivity index (χ4v) is 4.69. The van der Waals surface area contributed by atoms with Crippen molar-refractivity contribution in [3.05, 3.63) is 23.8 Å². The second-order valence-corrected chi connectivity index (χ2v) is 7.04. The Labute approximate surface area is 115 Å². The highest BCUT2D eigenvalue weighted by atomic mass is 32.2. The maximum absolute atomic E-state index is 12.8. The molecule has 0 radical (unpaired) electrons. The first-order valence-electron chi connectivity index (χ1n) is 6.87. The Hall–Kier alpha value is -1.07. The third-order valence-electron chi connectivity index (χ3n) is 3.80. The van der Waals surface area contributed by atoms with Gasteiger partial charge in [-0.05, 0) is 43.9 Å². The summed E-state index contributed by atoms with van der Waals surface area (Å²) in [6.45, 7) is 4.56. The van der Waals surface area contributed by atoms with Gasteiger partial charge in [0.15, 0.2) is 0 Å². The predicted molar refractivity (Wildman–Crippen MR) is 77.4 cm³/mol. The van der Waals surface area contributed by atoms with Crippen molar-refractivity contribution in [3.63, 3.8) is 0 Å². The van der Waals surface area contributed by atoms with Gasteiger partial charge in [-0.2, -0.15) is 4.31 Å². The third-order valence-corrected chi connectivity index (χ3v) is 5.90.